The van der Waals surface area contributed by atoms with Crippen molar-refractivity contribution in [1.29, 1.82) is 5.26 Å². The Kier molecular flexibility index (Phi) is 4.26. The van der Waals surface area contributed by atoms with Crippen molar-refractivity contribution in [3.63, 3.8) is 0 Å². The molecule has 1 aromatic rings. The Morgan fingerprint density at radius 3 is 3.00 bits per heavy atom. The van der Waals surface area contributed by atoms with Gasteiger partial charge < -0.3 is 5.32 Å². The molecule has 106 valence electrons. The number of halogens is 1. The van der Waals surface area contributed by atoms with Crippen molar-refractivity contribution in [3.8, 4) is 6.07 Å². The molecule has 4 heteroatoms. The van der Waals surface area contributed by atoms with Gasteiger partial charge in [-0.15, -0.1) is 0 Å². The summed E-state index contributed by atoms with van der Waals surface area (Å²) in [6.07, 6.45) is 5.26. The van der Waals surface area contributed by atoms with Gasteiger partial charge in [0.2, 0.25) is 0 Å². The Bertz CT molecular complexity index is 523. The lowest BCUT2D eigenvalue weighted by atomic mass is 9.99. The van der Waals surface area contributed by atoms with Crippen molar-refractivity contribution in [2.75, 3.05) is 13.1 Å². The summed E-state index contributed by atoms with van der Waals surface area (Å²) in [5.74, 6) is 0. The molecule has 0 bridgehead atoms. The highest BCUT2D eigenvalue weighted by Crippen LogP contribution is 2.27. The molecule has 20 heavy (non-hydrogen) atoms. The van der Waals surface area contributed by atoms with Crippen molar-refractivity contribution in [1.82, 2.24) is 10.2 Å². The van der Waals surface area contributed by atoms with E-state index in [4.69, 9.17) is 16.9 Å². The molecule has 0 spiro atoms. The number of fused-ring (bicyclic) bond motifs is 1. The van der Waals surface area contributed by atoms with Crippen molar-refractivity contribution in [2.24, 2.45) is 0 Å². The average Bonchev–Trinajstić information content (AvgIpc) is 2.89. The number of piperidine rings is 1. The van der Waals surface area contributed by atoms with Crippen LogP contribution in [0.15, 0.2) is 18.2 Å². The Morgan fingerprint density at radius 2 is 2.20 bits per heavy atom. The normalized spacial score (nSPS) is 26.2. The molecule has 2 aliphatic rings. The van der Waals surface area contributed by atoms with Gasteiger partial charge in [-0.2, -0.15) is 5.26 Å². The topological polar surface area (TPSA) is 39.1 Å². The van der Waals surface area contributed by atoms with Crippen LogP contribution in [-0.2, 0) is 6.54 Å². The first kappa shape index (κ1) is 13.9. The molecule has 1 N–H and O–H groups in total. The number of nitrogens with one attached hydrogen (secondary N) is 1. The monoisotopic (exact) mass is 289 g/mol. The maximum atomic E-state index is 8.86. The fourth-order valence-corrected chi connectivity index (χ4v) is 3.73. The second-order valence-corrected chi connectivity index (χ2v) is 6.20. The molecule has 3 nitrogen and oxygen atoms in total. The van der Waals surface area contributed by atoms with Gasteiger partial charge in [0, 0.05) is 30.2 Å². The maximum Gasteiger partial charge on any atom is 0.0992 e. The molecular formula is C16H20ClN3. The molecule has 1 aromatic carbocycles. The Labute approximate surface area is 125 Å². The first-order chi connectivity index (χ1) is 9.78. The summed E-state index contributed by atoms with van der Waals surface area (Å²) in [5, 5.41) is 13.2. The summed E-state index contributed by atoms with van der Waals surface area (Å²) in [4.78, 5) is 2.63. The summed E-state index contributed by atoms with van der Waals surface area (Å²) in [5.41, 5.74) is 1.71. The minimum Gasteiger partial charge on any atom is -0.308 e. The predicted octanol–water partition coefficient (Wildman–Crippen LogP) is 2.93. The predicted molar refractivity (Wildman–Crippen MR) is 80.6 cm³/mol. The van der Waals surface area contributed by atoms with E-state index < -0.39 is 0 Å². The van der Waals surface area contributed by atoms with E-state index in [1.54, 1.807) is 6.07 Å². The van der Waals surface area contributed by atoms with E-state index in [-0.39, 0.29) is 0 Å². The lowest BCUT2D eigenvalue weighted by Crippen LogP contribution is -2.44. The number of nitrogens with zero attached hydrogens (tertiary/aromatic N) is 2. The van der Waals surface area contributed by atoms with Crippen LogP contribution in [0.3, 0.4) is 0 Å². The summed E-state index contributed by atoms with van der Waals surface area (Å²) in [7, 11) is 0. The molecule has 3 rings (SSSR count). The van der Waals surface area contributed by atoms with Crippen molar-refractivity contribution < 1.29 is 0 Å². The van der Waals surface area contributed by atoms with Crippen LogP contribution in [0, 0.1) is 11.3 Å². The fourth-order valence-electron chi connectivity index (χ4n) is 3.49. The second-order valence-electron chi connectivity index (χ2n) is 5.79. The molecule has 2 unspecified atom stereocenters. The fraction of sp³-hybridized carbons (Fsp3) is 0.562. The van der Waals surface area contributed by atoms with Crippen LogP contribution in [-0.4, -0.2) is 30.1 Å². The number of benzene rings is 1. The van der Waals surface area contributed by atoms with E-state index in [0.29, 0.717) is 22.7 Å². The van der Waals surface area contributed by atoms with E-state index >= 15 is 0 Å². The third-order valence-corrected chi connectivity index (χ3v) is 4.94. The number of nitriles is 1. The van der Waals surface area contributed by atoms with Crippen LogP contribution in [0.5, 0.6) is 0 Å². The minimum atomic E-state index is 0.585. The van der Waals surface area contributed by atoms with Gasteiger partial charge in [-0.1, -0.05) is 24.1 Å². The van der Waals surface area contributed by atoms with E-state index in [1.165, 1.54) is 38.8 Å². The second kappa shape index (κ2) is 6.13. The summed E-state index contributed by atoms with van der Waals surface area (Å²) in [6.45, 7) is 3.28. The summed E-state index contributed by atoms with van der Waals surface area (Å²) >= 11 is 6.23. The van der Waals surface area contributed by atoms with Crippen LogP contribution >= 0.6 is 11.6 Å². The molecule has 2 heterocycles. The van der Waals surface area contributed by atoms with Crippen molar-refractivity contribution >= 4 is 11.6 Å². The van der Waals surface area contributed by atoms with Crippen LogP contribution in [0.4, 0.5) is 0 Å². The van der Waals surface area contributed by atoms with Gasteiger partial charge in [0.05, 0.1) is 11.6 Å². The minimum absolute atomic E-state index is 0.585. The molecule has 0 aliphatic carbocycles. The lowest BCUT2D eigenvalue weighted by Gasteiger charge is -2.32. The first-order valence-corrected chi connectivity index (χ1v) is 7.81. The van der Waals surface area contributed by atoms with Gasteiger partial charge in [0.15, 0.2) is 0 Å². The Hall–Kier alpha value is -1.08. The van der Waals surface area contributed by atoms with Gasteiger partial charge >= 0.3 is 0 Å². The molecule has 0 saturated carbocycles. The SMILES string of the molecule is N#Cc1ccc(CNC2CCN3CCCCC23)c(Cl)c1. The average molecular weight is 290 g/mol. The smallest absolute Gasteiger partial charge is 0.0992 e. The molecular weight excluding hydrogens is 270 g/mol. The van der Waals surface area contributed by atoms with E-state index in [1.807, 2.05) is 12.1 Å². The Morgan fingerprint density at radius 1 is 1.30 bits per heavy atom. The standard InChI is InChI=1S/C16H20ClN3/c17-14-9-12(10-18)4-5-13(14)11-19-15-6-8-20-7-2-1-3-16(15)20/h4-5,9,15-16,19H,1-3,6-8,11H2. The third kappa shape index (κ3) is 2.83. The van der Waals surface area contributed by atoms with Crippen molar-refractivity contribution in [3.05, 3.63) is 34.3 Å². The summed E-state index contributed by atoms with van der Waals surface area (Å²) < 4.78 is 0. The molecule has 0 amide bonds. The molecule has 0 aromatic heterocycles. The van der Waals surface area contributed by atoms with Crippen LogP contribution in [0.1, 0.15) is 36.8 Å². The van der Waals surface area contributed by atoms with Crippen LogP contribution in [0.2, 0.25) is 5.02 Å². The van der Waals surface area contributed by atoms with Gasteiger partial charge in [0.1, 0.15) is 0 Å². The van der Waals surface area contributed by atoms with Crippen LogP contribution < -0.4 is 5.32 Å². The highest BCUT2D eigenvalue weighted by Gasteiger charge is 2.34. The van der Waals surface area contributed by atoms with Gasteiger partial charge in [0.25, 0.3) is 0 Å². The van der Waals surface area contributed by atoms with E-state index in [0.717, 1.165) is 12.1 Å². The molecule has 2 saturated heterocycles. The zero-order valence-electron chi connectivity index (χ0n) is 11.6. The molecule has 2 aliphatic heterocycles. The molecule has 2 atom stereocenters. The summed E-state index contributed by atoms with van der Waals surface area (Å²) in [6, 6.07) is 8.96. The largest absolute Gasteiger partial charge is 0.308 e. The van der Waals surface area contributed by atoms with E-state index in [9.17, 15) is 0 Å². The zero-order chi connectivity index (χ0) is 13.9. The molecule has 0 radical (unpaired) electrons. The maximum absolute atomic E-state index is 8.86. The van der Waals surface area contributed by atoms with E-state index in [2.05, 4.69) is 16.3 Å². The highest BCUT2D eigenvalue weighted by atomic mass is 35.5. The van der Waals surface area contributed by atoms with Crippen molar-refractivity contribution in [2.45, 2.75) is 44.3 Å². The van der Waals surface area contributed by atoms with Gasteiger partial charge in [-0.05, 0) is 43.5 Å². The van der Waals surface area contributed by atoms with Gasteiger partial charge in [-0.25, -0.2) is 0 Å². The first-order valence-electron chi connectivity index (χ1n) is 7.44. The van der Waals surface area contributed by atoms with Crippen LogP contribution in [0.25, 0.3) is 0 Å². The zero-order valence-corrected chi connectivity index (χ0v) is 12.4. The van der Waals surface area contributed by atoms with Gasteiger partial charge in [-0.3, -0.25) is 4.90 Å². The molecule has 2 fully saturated rings. The number of hydrogen-bond acceptors (Lipinski definition) is 3. The number of hydrogen-bond donors (Lipinski definition) is 1. The number of rotatable bonds is 3. The quantitative estimate of drug-likeness (QED) is 0.930. The Balaban J connectivity index is 1.61. The lowest BCUT2D eigenvalue weighted by molar-refractivity contribution is 0.180. The highest BCUT2D eigenvalue weighted by molar-refractivity contribution is 6.31. The third-order valence-electron chi connectivity index (χ3n) is 4.59.